The van der Waals surface area contributed by atoms with Crippen molar-refractivity contribution in [1.82, 2.24) is 9.21 Å². The number of sulfonamides is 1. The summed E-state index contributed by atoms with van der Waals surface area (Å²) < 4.78 is 47.0. The Labute approximate surface area is 230 Å². The third-order valence-corrected chi connectivity index (χ3v) is 9.63. The Bertz CT molecular complexity index is 1350. The van der Waals surface area contributed by atoms with Gasteiger partial charge in [-0.05, 0) is 78.7 Å². The molecule has 3 aromatic rings. The third kappa shape index (κ3) is 6.35. The molecule has 6 nitrogen and oxygen atoms in total. The second-order valence-corrected chi connectivity index (χ2v) is 12.3. The van der Waals surface area contributed by atoms with Crippen molar-refractivity contribution in [1.29, 1.82) is 0 Å². The van der Waals surface area contributed by atoms with E-state index in [-0.39, 0.29) is 23.9 Å². The standard InChI is InChI=1S/C26H27Cl2FN2O4S2/c1-2-35-14-3-12-30(37(33,34)20-7-5-19(29)6-8-20)17-25(32)31-13-10-24-22(11-15-36-24)26(31)21-9-4-18(27)16-23(21)28/h4-9,11,15-16,26H,2-3,10,12-14,17H2,1H3. The molecule has 1 amide bonds. The highest BCUT2D eigenvalue weighted by molar-refractivity contribution is 7.89. The summed E-state index contributed by atoms with van der Waals surface area (Å²) in [6, 6.07) is 11.3. The Morgan fingerprint density at radius 3 is 2.62 bits per heavy atom. The molecular formula is C26H27Cl2FN2O4S2. The van der Waals surface area contributed by atoms with Gasteiger partial charge in [-0.15, -0.1) is 11.3 Å². The number of ether oxygens (including phenoxy) is 1. The molecule has 0 radical (unpaired) electrons. The molecule has 11 heteroatoms. The maximum absolute atomic E-state index is 13.8. The first kappa shape index (κ1) is 28.0. The van der Waals surface area contributed by atoms with Crippen LogP contribution in [-0.4, -0.2) is 56.4 Å². The van der Waals surface area contributed by atoms with Crippen LogP contribution in [0.3, 0.4) is 0 Å². The number of carbonyl (C=O) groups is 1. The van der Waals surface area contributed by atoms with E-state index in [1.165, 1.54) is 12.1 Å². The fourth-order valence-electron chi connectivity index (χ4n) is 4.41. The van der Waals surface area contributed by atoms with Crippen LogP contribution in [0.15, 0.2) is 58.8 Å². The van der Waals surface area contributed by atoms with Crippen molar-refractivity contribution < 1.29 is 22.3 Å². The Balaban J connectivity index is 1.65. The van der Waals surface area contributed by atoms with Crippen molar-refractivity contribution in [3.8, 4) is 0 Å². The number of fused-ring (bicyclic) bond motifs is 1. The van der Waals surface area contributed by atoms with Crippen LogP contribution in [0.5, 0.6) is 0 Å². The Kier molecular flexibility index (Phi) is 9.26. The van der Waals surface area contributed by atoms with E-state index in [4.69, 9.17) is 27.9 Å². The molecule has 0 aliphatic carbocycles. The number of benzene rings is 2. The highest BCUT2D eigenvalue weighted by Gasteiger charge is 2.36. The van der Waals surface area contributed by atoms with Gasteiger partial charge in [-0.25, -0.2) is 12.8 Å². The smallest absolute Gasteiger partial charge is 0.243 e. The second-order valence-electron chi connectivity index (χ2n) is 8.55. The molecule has 0 saturated heterocycles. The number of thiophene rings is 1. The van der Waals surface area contributed by atoms with E-state index < -0.39 is 21.9 Å². The van der Waals surface area contributed by atoms with Crippen LogP contribution in [0.2, 0.25) is 10.0 Å². The number of halogens is 3. The molecule has 1 aliphatic rings. The largest absolute Gasteiger partial charge is 0.382 e. The third-order valence-electron chi connectivity index (χ3n) is 6.21. The number of hydrogen-bond acceptors (Lipinski definition) is 5. The molecule has 0 bridgehead atoms. The molecule has 4 rings (SSSR count). The van der Waals surface area contributed by atoms with E-state index in [0.29, 0.717) is 42.6 Å². The van der Waals surface area contributed by atoms with Crippen molar-refractivity contribution >= 4 is 50.5 Å². The van der Waals surface area contributed by atoms with Gasteiger partial charge in [0.1, 0.15) is 5.82 Å². The summed E-state index contributed by atoms with van der Waals surface area (Å²) in [6.07, 6.45) is 1.07. The fourth-order valence-corrected chi connectivity index (χ4v) is 7.26. The molecule has 1 aliphatic heterocycles. The van der Waals surface area contributed by atoms with Crippen LogP contribution in [0.25, 0.3) is 0 Å². The molecule has 0 N–H and O–H groups in total. The van der Waals surface area contributed by atoms with Gasteiger partial charge in [0, 0.05) is 41.2 Å². The normalized spacial score (nSPS) is 15.7. The molecule has 0 saturated carbocycles. The maximum atomic E-state index is 13.8. The van der Waals surface area contributed by atoms with Gasteiger partial charge in [0.2, 0.25) is 15.9 Å². The lowest BCUT2D eigenvalue weighted by Gasteiger charge is -2.37. The number of hydrogen-bond donors (Lipinski definition) is 0. The van der Waals surface area contributed by atoms with Gasteiger partial charge in [0.15, 0.2) is 0 Å². The number of carbonyl (C=O) groups excluding carboxylic acids is 1. The minimum atomic E-state index is -4.06. The summed E-state index contributed by atoms with van der Waals surface area (Å²) in [5, 5.41) is 2.90. The highest BCUT2D eigenvalue weighted by Crippen LogP contribution is 2.41. The summed E-state index contributed by atoms with van der Waals surface area (Å²) in [6.45, 7) is 2.84. The van der Waals surface area contributed by atoms with E-state index in [0.717, 1.165) is 32.4 Å². The number of rotatable bonds is 10. The maximum Gasteiger partial charge on any atom is 0.243 e. The summed E-state index contributed by atoms with van der Waals surface area (Å²) in [5.41, 5.74) is 1.70. The lowest BCUT2D eigenvalue weighted by molar-refractivity contribution is -0.133. The number of nitrogens with zero attached hydrogens (tertiary/aromatic N) is 2. The fraction of sp³-hybridized carbons (Fsp3) is 0.346. The highest BCUT2D eigenvalue weighted by atomic mass is 35.5. The molecule has 2 heterocycles. The lowest BCUT2D eigenvalue weighted by atomic mass is 9.93. The zero-order chi connectivity index (χ0) is 26.6. The van der Waals surface area contributed by atoms with Gasteiger partial charge >= 0.3 is 0 Å². The van der Waals surface area contributed by atoms with Crippen LogP contribution >= 0.6 is 34.5 Å². The van der Waals surface area contributed by atoms with Crippen LogP contribution < -0.4 is 0 Å². The molecule has 0 spiro atoms. The molecule has 198 valence electrons. The molecule has 0 fully saturated rings. The number of amides is 1. The van der Waals surface area contributed by atoms with Gasteiger partial charge in [-0.2, -0.15) is 4.31 Å². The minimum absolute atomic E-state index is 0.0748. The summed E-state index contributed by atoms with van der Waals surface area (Å²) in [7, 11) is -4.06. The first-order chi connectivity index (χ1) is 17.7. The summed E-state index contributed by atoms with van der Waals surface area (Å²) in [4.78, 5) is 16.6. The van der Waals surface area contributed by atoms with Crippen LogP contribution in [0.1, 0.15) is 35.4 Å². The van der Waals surface area contributed by atoms with Gasteiger partial charge in [0.25, 0.3) is 0 Å². The topological polar surface area (TPSA) is 66.9 Å². The van der Waals surface area contributed by atoms with Crippen LogP contribution in [-0.2, 0) is 26.0 Å². The molecule has 37 heavy (non-hydrogen) atoms. The predicted octanol–water partition coefficient (Wildman–Crippen LogP) is 5.79. The average Bonchev–Trinajstić information content (AvgIpc) is 3.35. The predicted molar refractivity (Wildman–Crippen MR) is 144 cm³/mol. The Morgan fingerprint density at radius 1 is 1.16 bits per heavy atom. The second kappa shape index (κ2) is 12.2. The monoisotopic (exact) mass is 584 g/mol. The molecule has 1 atom stereocenters. The van der Waals surface area contributed by atoms with Crippen molar-refractivity contribution in [2.45, 2.75) is 30.7 Å². The van der Waals surface area contributed by atoms with E-state index in [2.05, 4.69) is 0 Å². The van der Waals surface area contributed by atoms with E-state index >= 15 is 0 Å². The first-order valence-electron chi connectivity index (χ1n) is 11.9. The quantitative estimate of drug-likeness (QED) is 0.283. The summed E-state index contributed by atoms with van der Waals surface area (Å²) in [5.74, 6) is -0.893. The van der Waals surface area contributed by atoms with Crippen molar-refractivity contribution in [2.75, 3.05) is 32.8 Å². The van der Waals surface area contributed by atoms with Gasteiger partial charge in [-0.3, -0.25) is 4.79 Å². The van der Waals surface area contributed by atoms with E-state index in [1.807, 2.05) is 18.4 Å². The molecule has 2 aromatic carbocycles. The zero-order valence-electron chi connectivity index (χ0n) is 20.2. The minimum Gasteiger partial charge on any atom is -0.382 e. The van der Waals surface area contributed by atoms with E-state index in [1.54, 1.807) is 34.4 Å². The van der Waals surface area contributed by atoms with Crippen LogP contribution in [0.4, 0.5) is 4.39 Å². The van der Waals surface area contributed by atoms with Gasteiger partial charge < -0.3 is 9.64 Å². The van der Waals surface area contributed by atoms with Crippen molar-refractivity contribution in [3.63, 3.8) is 0 Å². The van der Waals surface area contributed by atoms with Crippen molar-refractivity contribution in [3.05, 3.63) is 85.8 Å². The zero-order valence-corrected chi connectivity index (χ0v) is 23.3. The average molecular weight is 586 g/mol. The Hall–Kier alpha value is -2.01. The molecule has 1 unspecified atom stereocenters. The lowest BCUT2D eigenvalue weighted by Crippen LogP contribution is -2.47. The summed E-state index contributed by atoms with van der Waals surface area (Å²) >= 11 is 14.3. The van der Waals surface area contributed by atoms with E-state index in [9.17, 15) is 17.6 Å². The van der Waals surface area contributed by atoms with Gasteiger partial charge in [-0.1, -0.05) is 29.3 Å². The van der Waals surface area contributed by atoms with Crippen LogP contribution in [0, 0.1) is 5.82 Å². The van der Waals surface area contributed by atoms with Gasteiger partial charge in [0.05, 0.1) is 17.5 Å². The first-order valence-corrected chi connectivity index (χ1v) is 14.9. The molecule has 1 aromatic heterocycles. The SMILES string of the molecule is CCOCCCN(CC(=O)N1CCc2sccc2C1c1ccc(Cl)cc1Cl)S(=O)(=O)c1ccc(F)cc1. The van der Waals surface area contributed by atoms with Crippen molar-refractivity contribution in [2.24, 2.45) is 0 Å². The molecular weight excluding hydrogens is 558 g/mol. The Morgan fingerprint density at radius 2 is 1.92 bits per heavy atom.